The van der Waals surface area contributed by atoms with Gasteiger partial charge in [-0.25, -0.2) is 0 Å². The van der Waals surface area contributed by atoms with Crippen LogP contribution in [0.15, 0.2) is 6.20 Å². The zero-order valence-electron chi connectivity index (χ0n) is 13.4. The number of aromatic nitrogens is 3. The minimum absolute atomic E-state index is 0.839. The summed E-state index contributed by atoms with van der Waals surface area (Å²) < 4.78 is 1.99. The van der Waals surface area contributed by atoms with Gasteiger partial charge in [-0.1, -0.05) is 64.0 Å². The Hall–Kier alpha value is -0.900. The molecule has 0 saturated heterocycles. The molecular formula is C16H32N4. The molecule has 1 rings (SSSR count). The number of hydrogen-bond donors (Lipinski definition) is 1. The molecule has 0 aliphatic rings. The summed E-state index contributed by atoms with van der Waals surface area (Å²) in [6, 6.07) is 0. The largest absolute Gasteiger partial charge is 0.311 e. The fourth-order valence-corrected chi connectivity index (χ4v) is 2.33. The molecule has 0 spiro atoms. The summed E-state index contributed by atoms with van der Waals surface area (Å²) in [6.45, 7) is 7.34. The number of aryl methyl sites for hydroxylation is 1. The fraction of sp³-hybridized carbons (Fsp3) is 0.875. The van der Waals surface area contributed by atoms with E-state index in [4.69, 9.17) is 0 Å². The maximum Gasteiger partial charge on any atom is 0.0964 e. The molecule has 4 heteroatoms. The second-order valence-corrected chi connectivity index (χ2v) is 5.62. The summed E-state index contributed by atoms with van der Waals surface area (Å²) in [4.78, 5) is 0. The van der Waals surface area contributed by atoms with Gasteiger partial charge in [0, 0.05) is 19.3 Å². The van der Waals surface area contributed by atoms with E-state index in [1.807, 2.05) is 4.68 Å². The van der Waals surface area contributed by atoms with Crippen molar-refractivity contribution in [2.75, 3.05) is 6.54 Å². The lowest BCUT2D eigenvalue weighted by Crippen LogP contribution is -2.13. The van der Waals surface area contributed by atoms with Gasteiger partial charge in [0.1, 0.15) is 0 Å². The average molecular weight is 280 g/mol. The van der Waals surface area contributed by atoms with Crippen LogP contribution in [0.5, 0.6) is 0 Å². The van der Waals surface area contributed by atoms with Crippen molar-refractivity contribution in [3.8, 4) is 0 Å². The molecule has 4 nitrogen and oxygen atoms in total. The zero-order valence-corrected chi connectivity index (χ0v) is 13.4. The highest BCUT2D eigenvalue weighted by Crippen LogP contribution is 2.09. The van der Waals surface area contributed by atoms with Gasteiger partial charge in [-0.05, 0) is 19.4 Å². The Morgan fingerprint density at radius 1 is 0.950 bits per heavy atom. The topological polar surface area (TPSA) is 42.7 Å². The van der Waals surface area contributed by atoms with Crippen LogP contribution >= 0.6 is 0 Å². The van der Waals surface area contributed by atoms with Gasteiger partial charge in [-0.3, -0.25) is 4.68 Å². The summed E-state index contributed by atoms with van der Waals surface area (Å²) >= 11 is 0. The van der Waals surface area contributed by atoms with Crippen LogP contribution in [0.1, 0.15) is 77.3 Å². The lowest BCUT2D eigenvalue weighted by Gasteiger charge is -2.02. The van der Waals surface area contributed by atoms with Gasteiger partial charge in [0.2, 0.25) is 0 Å². The number of rotatable bonds is 13. The first-order valence-electron chi connectivity index (χ1n) is 8.46. The molecule has 0 fully saturated rings. The molecule has 116 valence electrons. The molecule has 20 heavy (non-hydrogen) atoms. The zero-order chi connectivity index (χ0) is 14.5. The monoisotopic (exact) mass is 280 g/mol. The molecule has 0 aliphatic heterocycles. The van der Waals surface area contributed by atoms with E-state index >= 15 is 0 Å². The van der Waals surface area contributed by atoms with Gasteiger partial charge < -0.3 is 5.32 Å². The molecule has 0 aliphatic carbocycles. The van der Waals surface area contributed by atoms with E-state index in [1.54, 1.807) is 0 Å². The number of nitrogens with one attached hydrogen (secondary N) is 1. The molecule has 1 aromatic heterocycles. The van der Waals surface area contributed by atoms with Gasteiger partial charge in [0.05, 0.1) is 5.69 Å². The maximum absolute atomic E-state index is 4.19. The van der Waals surface area contributed by atoms with Gasteiger partial charge in [-0.15, -0.1) is 5.10 Å². The van der Waals surface area contributed by atoms with Crippen LogP contribution in [0.2, 0.25) is 0 Å². The van der Waals surface area contributed by atoms with Crippen LogP contribution < -0.4 is 5.32 Å². The Morgan fingerprint density at radius 2 is 1.65 bits per heavy atom. The Kier molecular flexibility index (Phi) is 10.2. The van der Waals surface area contributed by atoms with Crippen molar-refractivity contribution in [1.29, 1.82) is 0 Å². The predicted molar refractivity (Wildman–Crippen MR) is 84.6 cm³/mol. The van der Waals surface area contributed by atoms with Gasteiger partial charge in [-0.2, -0.15) is 0 Å². The van der Waals surface area contributed by atoms with Crippen LogP contribution in [0, 0.1) is 0 Å². The highest BCUT2D eigenvalue weighted by Gasteiger charge is 2.00. The van der Waals surface area contributed by atoms with E-state index < -0.39 is 0 Å². The molecule has 0 bridgehead atoms. The third-order valence-electron chi connectivity index (χ3n) is 3.56. The van der Waals surface area contributed by atoms with Crippen LogP contribution in [-0.4, -0.2) is 21.5 Å². The van der Waals surface area contributed by atoms with Gasteiger partial charge in [0.25, 0.3) is 0 Å². The average Bonchev–Trinajstić information content (AvgIpc) is 2.90. The molecule has 0 unspecified atom stereocenters. The second kappa shape index (κ2) is 11.9. The molecule has 1 aromatic rings. The molecule has 0 amide bonds. The lowest BCUT2D eigenvalue weighted by molar-refractivity contribution is 0.510. The van der Waals surface area contributed by atoms with Crippen LogP contribution in [0.3, 0.4) is 0 Å². The Morgan fingerprint density at radius 3 is 2.35 bits per heavy atom. The van der Waals surface area contributed by atoms with Crippen LogP contribution in [0.25, 0.3) is 0 Å². The van der Waals surface area contributed by atoms with Crippen molar-refractivity contribution in [3.05, 3.63) is 11.9 Å². The number of unbranched alkanes of at least 4 members (excludes halogenated alkanes) is 7. The standard InChI is InChI=1S/C16H32N4/c1-3-5-6-7-8-9-10-11-13-20-15-16(18-19-20)14-17-12-4-2/h15,17H,3-14H2,1-2H3. The van der Waals surface area contributed by atoms with E-state index in [0.29, 0.717) is 0 Å². The highest BCUT2D eigenvalue weighted by molar-refractivity contribution is 4.91. The van der Waals surface area contributed by atoms with E-state index in [1.165, 1.54) is 51.4 Å². The van der Waals surface area contributed by atoms with E-state index in [0.717, 1.165) is 31.7 Å². The summed E-state index contributed by atoms with van der Waals surface area (Å²) in [5.74, 6) is 0. The third-order valence-corrected chi connectivity index (χ3v) is 3.56. The Balaban J connectivity index is 1.99. The van der Waals surface area contributed by atoms with Crippen LogP contribution in [-0.2, 0) is 13.1 Å². The first-order valence-corrected chi connectivity index (χ1v) is 8.46. The van der Waals surface area contributed by atoms with Crippen LogP contribution in [0.4, 0.5) is 0 Å². The van der Waals surface area contributed by atoms with Crippen molar-refractivity contribution >= 4 is 0 Å². The second-order valence-electron chi connectivity index (χ2n) is 5.62. The first kappa shape index (κ1) is 17.2. The SMILES string of the molecule is CCCCCCCCCCn1cc(CNCCC)nn1. The minimum atomic E-state index is 0.839. The summed E-state index contributed by atoms with van der Waals surface area (Å²) in [6.07, 6.45) is 14.1. The molecule has 1 N–H and O–H groups in total. The van der Waals surface area contributed by atoms with E-state index in [2.05, 4.69) is 35.7 Å². The smallest absolute Gasteiger partial charge is 0.0964 e. The number of nitrogens with zero attached hydrogens (tertiary/aromatic N) is 3. The quantitative estimate of drug-likeness (QED) is 0.557. The normalized spacial score (nSPS) is 11.1. The summed E-state index contributed by atoms with van der Waals surface area (Å²) in [7, 11) is 0. The Bertz CT molecular complexity index is 322. The molecule has 1 heterocycles. The first-order chi connectivity index (χ1) is 9.86. The van der Waals surface area contributed by atoms with Crippen molar-refractivity contribution in [2.45, 2.75) is 84.7 Å². The minimum Gasteiger partial charge on any atom is -0.311 e. The molecule has 0 radical (unpaired) electrons. The van der Waals surface area contributed by atoms with Crippen molar-refractivity contribution in [3.63, 3.8) is 0 Å². The molecule has 0 saturated carbocycles. The van der Waals surface area contributed by atoms with E-state index in [-0.39, 0.29) is 0 Å². The van der Waals surface area contributed by atoms with Gasteiger partial charge in [0.15, 0.2) is 0 Å². The van der Waals surface area contributed by atoms with Gasteiger partial charge >= 0.3 is 0 Å². The highest BCUT2D eigenvalue weighted by atomic mass is 15.4. The predicted octanol–water partition coefficient (Wildman–Crippen LogP) is 3.92. The Labute approximate surface area is 124 Å². The molecule has 0 aromatic carbocycles. The lowest BCUT2D eigenvalue weighted by atomic mass is 10.1. The summed E-state index contributed by atoms with van der Waals surface area (Å²) in [5.41, 5.74) is 1.05. The van der Waals surface area contributed by atoms with E-state index in [9.17, 15) is 0 Å². The van der Waals surface area contributed by atoms with Crippen molar-refractivity contribution < 1.29 is 0 Å². The van der Waals surface area contributed by atoms with Crippen molar-refractivity contribution in [2.24, 2.45) is 0 Å². The third kappa shape index (κ3) is 8.31. The number of hydrogen-bond acceptors (Lipinski definition) is 3. The molecule has 0 atom stereocenters. The summed E-state index contributed by atoms with van der Waals surface area (Å²) in [5, 5.41) is 11.7. The molecular weight excluding hydrogens is 248 g/mol. The fourth-order valence-electron chi connectivity index (χ4n) is 2.33. The maximum atomic E-state index is 4.19. The van der Waals surface area contributed by atoms with Crippen molar-refractivity contribution in [1.82, 2.24) is 20.3 Å².